The number of hydrogen-bond acceptors (Lipinski definition) is 3. The molecular formula is C13H15ClO2S. The van der Waals surface area contributed by atoms with Crippen molar-refractivity contribution in [2.75, 3.05) is 6.61 Å². The number of ketones is 1. The smallest absolute Gasteiger partial charge is 0.166 e. The first-order valence-electron chi connectivity index (χ1n) is 5.50. The number of hydrogen-bond donors (Lipinski definition) is 0. The van der Waals surface area contributed by atoms with Crippen molar-refractivity contribution in [2.45, 2.75) is 20.3 Å². The van der Waals surface area contributed by atoms with Crippen molar-refractivity contribution in [1.29, 1.82) is 0 Å². The van der Waals surface area contributed by atoms with Gasteiger partial charge in [0.15, 0.2) is 10.8 Å². The summed E-state index contributed by atoms with van der Waals surface area (Å²) in [6.45, 7) is 4.26. The second kappa shape index (κ2) is 6.72. The molecule has 0 amide bonds. The first-order valence-corrected chi connectivity index (χ1v) is 6.28. The van der Waals surface area contributed by atoms with Crippen LogP contribution in [0.25, 0.3) is 0 Å². The van der Waals surface area contributed by atoms with Crippen LogP contribution in [-0.4, -0.2) is 17.4 Å². The molecule has 1 atom stereocenters. The zero-order chi connectivity index (χ0) is 12.8. The minimum absolute atomic E-state index is 0.0590. The van der Waals surface area contributed by atoms with Gasteiger partial charge in [0.05, 0.1) is 6.61 Å². The van der Waals surface area contributed by atoms with Gasteiger partial charge in [-0.15, -0.1) is 0 Å². The first-order chi connectivity index (χ1) is 8.04. The fourth-order valence-electron chi connectivity index (χ4n) is 1.46. The van der Waals surface area contributed by atoms with Crippen LogP contribution in [0.1, 0.15) is 30.6 Å². The third-order valence-corrected chi connectivity index (χ3v) is 2.89. The molecule has 0 radical (unpaired) electrons. The summed E-state index contributed by atoms with van der Waals surface area (Å²) in [6, 6.07) is 6.88. The summed E-state index contributed by atoms with van der Waals surface area (Å²) in [6.07, 6.45) is 0.477. The van der Waals surface area contributed by atoms with Gasteiger partial charge in [-0.1, -0.05) is 18.5 Å². The minimum Gasteiger partial charge on any atom is -0.487 e. The molecule has 1 unspecified atom stereocenters. The topological polar surface area (TPSA) is 26.3 Å². The van der Waals surface area contributed by atoms with E-state index in [-0.39, 0.29) is 11.7 Å². The average molecular weight is 271 g/mol. The van der Waals surface area contributed by atoms with E-state index in [4.69, 9.17) is 28.6 Å². The highest BCUT2D eigenvalue weighted by molar-refractivity contribution is 7.80. The normalized spacial score (nSPS) is 11.9. The molecule has 0 aliphatic carbocycles. The number of ether oxygens (including phenoxy) is 1. The van der Waals surface area contributed by atoms with Crippen LogP contribution >= 0.6 is 23.8 Å². The number of carbonyl (C=O) groups is 1. The lowest BCUT2D eigenvalue weighted by atomic mass is 9.97. The van der Waals surface area contributed by atoms with Crippen LogP contribution in [0.15, 0.2) is 24.3 Å². The minimum atomic E-state index is -0.171. The molecule has 0 aliphatic heterocycles. The summed E-state index contributed by atoms with van der Waals surface area (Å²) < 4.78 is 5.18. The van der Waals surface area contributed by atoms with Gasteiger partial charge in [-0.25, -0.2) is 0 Å². The summed E-state index contributed by atoms with van der Waals surface area (Å²) in [7, 11) is 0. The molecule has 1 rings (SSSR count). The highest BCUT2D eigenvalue weighted by Crippen LogP contribution is 2.16. The summed E-state index contributed by atoms with van der Waals surface area (Å²) in [5.41, 5.74) is 0.654. The number of thiocarbonyl (C=S) groups is 1. The lowest BCUT2D eigenvalue weighted by Gasteiger charge is -2.11. The number of benzene rings is 1. The third-order valence-electron chi connectivity index (χ3n) is 2.35. The molecule has 4 heteroatoms. The Balaban J connectivity index is 2.63. The molecule has 0 aromatic heterocycles. The second-order valence-corrected chi connectivity index (χ2v) is 4.67. The fourth-order valence-corrected chi connectivity index (χ4v) is 1.96. The Morgan fingerprint density at radius 3 is 2.53 bits per heavy atom. The van der Waals surface area contributed by atoms with Crippen LogP contribution in [0.4, 0.5) is 0 Å². The van der Waals surface area contributed by atoms with Gasteiger partial charge < -0.3 is 4.74 Å². The molecule has 0 heterocycles. The highest BCUT2D eigenvalue weighted by Gasteiger charge is 2.17. The van der Waals surface area contributed by atoms with Gasteiger partial charge in [-0.2, -0.15) is 0 Å². The van der Waals surface area contributed by atoms with Crippen LogP contribution in [0.2, 0.25) is 5.02 Å². The fraction of sp³-hybridized carbons (Fsp3) is 0.385. The molecule has 0 N–H and O–H groups in total. The lowest BCUT2D eigenvalue weighted by molar-refractivity contribution is 0.0930. The zero-order valence-electron chi connectivity index (χ0n) is 9.90. The molecule has 0 saturated heterocycles. The largest absolute Gasteiger partial charge is 0.487 e. The van der Waals surface area contributed by atoms with Crippen LogP contribution in [0.3, 0.4) is 0 Å². The van der Waals surface area contributed by atoms with Crippen molar-refractivity contribution in [3.63, 3.8) is 0 Å². The van der Waals surface area contributed by atoms with Gasteiger partial charge in [0.2, 0.25) is 0 Å². The van der Waals surface area contributed by atoms with Gasteiger partial charge in [-0.3, -0.25) is 4.79 Å². The standard InChI is InChI=1S/C13H15ClO2S/c1-3-16-12(17)8-9(2)13(15)10-4-6-11(14)7-5-10/h4-7,9H,3,8H2,1-2H3. The van der Waals surface area contributed by atoms with Gasteiger partial charge in [0.25, 0.3) is 0 Å². The van der Waals surface area contributed by atoms with Crippen molar-refractivity contribution >= 4 is 34.7 Å². The summed E-state index contributed by atoms with van der Waals surface area (Å²) in [5, 5.41) is 1.11. The first kappa shape index (κ1) is 14.1. The molecule has 1 aromatic carbocycles. The molecule has 0 aliphatic rings. The number of Topliss-reactive ketones (excluding diaryl/α,β-unsaturated/α-hetero) is 1. The Hall–Kier alpha value is -0.930. The molecule has 0 saturated carbocycles. The van der Waals surface area contributed by atoms with E-state index in [1.165, 1.54) is 0 Å². The predicted octanol–water partition coefficient (Wildman–Crippen LogP) is 3.91. The zero-order valence-corrected chi connectivity index (χ0v) is 11.5. The highest BCUT2D eigenvalue weighted by atomic mass is 35.5. The van der Waals surface area contributed by atoms with E-state index in [0.29, 0.717) is 28.7 Å². The Labute approximate surface area is 112 Å². The lowest BCUT2D eigenvalue weighted by Crippen LogP contribution is -2.16. The van der Waals surface area contributed by atoms with Crippen molar-refractivity contribution in [2.24, 2.45) is 5.92 Å². The van der Waals surface area contributed by atoms with Gasteiger partial charge in [0, 0.05) is 22.9 Å². The van der Waals surface area contributed by atoms with E-state index in [2.05, 4.69) is 0 Å². The Kier molecular flexibility index (Phi) is 5.59. The molecule has 92 valence electrons. The van der Waals surface area contributed by atoms with Crippen LogP contribution in [-0.2, 0) is 4.74 Å². The monoisotopic (exact) mass is 270 g/mol. The van der Waals surface area contributed by atoms with Crippen LogP contribution in [0, 0.1) is 5.92 Å². The van der Waals surface area contributed by atoms with E-state index >= 15 is 0 Å². The summed E-state index contributed by atoms with van der Waals surface area (Å²) in [4.78, 5) is 12.0. The predicted molar refractivity (Wildman–Crippen MR) is 73.8 cm³/mol. The summed E-state index contributed by atoms with van der Waals surface area (Å²) in [5.74, 6) is -0.112. The average Bonchev–Trinajstić information content (AvgIpc) is 2.29. The maximum absolute atomic E-state index is 12.0. The Morgan fingerprint density at radius 1 is 1.41 bits per heavy atom. The van der Waals surface area contributed by atoms with Crippen LogP contribution in [0.5, 0.6) is 0 Å². The van der Waals surface area contributed by atoms with Crippen molar-refractivity contribution in [3.8, 4) is 0 Å². The quantitative estimate of drug-likeness (QED) is 0.599. The maximum Gasteiger partial charge on any atom is 0.166 e. The van der Waals surface area contributed by atoms with Crippen molar-refractivity contribution in [1.82, 2.24) is 0 Å². The third kappa shape index (κ3) is 4.44. The molecule has 1 aromatic rings. The number of rotatable bonds is 5. The van der Waals surface area contributed by atoms with Crippen LogP contribution < -0.4 is 0 Å². The van der Waals surface area contributed by atoms with Crippen molar-refractivity contribution in [3.05, 3.63) is 34.9 Å². The molecule has 2 nitrogen and oxygen atoms in total. The Bertz CT molecular complexity index is 400. The molecule has 0 fully saturated rings. The van der Waals surface area contributed by atoms with Gasteiger partial charge >= 0.3 is 0 Å². The number of carbonyl (C=O) groups excluding carboxylic acids is 1. The van der Waals surface area contributed by atoms with Crippen molar-refractivity contribution < 1.29 is 9.53 Å². The van der Waals surface area contributed by atoms with Gasteiger partial charge in [0.1, 0.15) is 0 Å². The van der Waals surface area contributed by atoms with E-state index in [0.717, 1.165) is 0 Å². The maximum atomic E-state index is 12.0. The molecule has 0 spiro atoms. The Morgan fingerprint density at radius 2 is 2.00 bits per heavy atom. The molecule has 17 heavy (non-hydrogen) atoms. The molecular weight excluding hydrogens is 256 g/mol. The van der Waals surface area contributed by atoms with E-state index in [1.54, 1.807) is 24.3 Å². The van der Waals surface area contributed by atoms with E-state index in [9.17, 15) is 4.79 Å². The SMILES string of the molecule is CCOC(=S)CC(C)C(=O)c1ccc(Cl)cc1. The number of halogens is 1. The van der Waals surface area contributed by atoms with Gasteiger partial charge in [-0.05, 0) is 43.4 Å². The van der Waals surface area contributed by atoms with E-state index < -0.39 is 0 Å². The second-order valence-electron chi connectivity index (χ2n) is 3.78. The van der Waals surface area contributed by atoms with E-state index in [1.807, 2.05) is 13.8 Å². The molecule has 0 bridgehead atoms. The summed E-state index contributed by atoms with van der Waals surface area (Å²) >= 11 is 10.8.